The summed E-state index contributed by atoms with van der Waals surface area (Å²) in [6.45, 7) is 7.26. The van der Waals surface area contributed by atoms with E-state index in [-0.39, 0.29) is 5.91 Å². The molecule has 27 heavy (non-hydrogen) atoms. The molecule has 148 valence electrons. The zero-order chi connectivity index (χ0) is 18.6. The van der Waals surface area contributed by atoms with Gasteiger partial charge >= 0.3 is 0 Å². The maximum absolute atomic E-state index is 12.7. The topological polar surface area (TPSA) is 48.9 Å². The van der Waals surface area contributed by atoms with Crippen LogP contribution in [0.1, 0.15) is 36.0 Å². The van der Waals surface area contributed by atoms with E-state index in [0.29, 0.717) is 12.1 Å². The van der Waals surface area contributed by atoms with E-state index >= 15 is 0 Å². The van der Waals surface area contributed by atoms with Crippen LogP contribution in [0.25, 0.3) is 0 Å². The van der Waals surface area contributed by atoms with E-state index in [9.17, 15) is 4.79 Å². The number of nitrogens with zero attached hydrogens (tertiary/aromatic N) is 4. The third kappa shape index (κ3) is 4.33. The Balaban J connectivity index is 1.33. The summed E-state index contributed by atoms with van der Waals surface area (Å²) in [6, 6.07) is 4.93. The number of fused-ring (bicyclic) bond motifs is 4. The molecule has 4 fully saturated rings. The van der Waals surface area contributed by atoms with Gasteiger partial charge in [-0.25, -0.2) is 0 Å². The summed E-state index contributed by atoms with van der Waals surface area (Å²) in [5, 5.41) is 0. The predicted molar refractivity (Wildman–Crippen MR) is 105 cm³/mol. The van der Waals surface area contributed by atoms with Crippen LogP contribution in [0, 0.1) is 5.92 Å². The fourth-order valence-electron chi connectivity index (χ4n) is 5.11. The van der Waals surface area contributed by atoms with Gasteiger partial charge in [0.2, 0.25) is 0 Å². The zero-order valence-corrected chi connectivity index (χ0v) is 16.4. The fourth-order valence-corrected chi connectivity index (χ4v) is 5.11. The Morgan fingerprint density at radius 2 is 1.85 bits per heavy atom. The molecular weight excluding hydrogens is 340 g/mol. The van der Waals surface area contributed by atoms with E-state index in [0.717, 1.165) is 50.6 Å². The van der Waals surface area contributed by atoms with Gasteiger partial charge < -0.3 is 9.64 Å². The van der Waals surface area contributed by atoms with Crippen molar-refractivity contribution in [3.63, 3.8) is 0 Å². The lowest BCUT2D eigenvalue weighted by Crippen LogP contribution is -2.49. The molecule has 0 saturated carbocycles. The van der Waals surface area contributed by atoms with Gasteiger partial charge in [0.05, 0.1) is 6.61 Å². The van der Waals surface area contributed by atoms with Gasteiger partial charge in [-0.15, -0.1) is 0 Å². The van der Waals surface area contributed by atoms with Gasteiger partial charge in [-0.2, -0.15) is 0 Å². The SMILES string of the molecule is COCCN1C[C@H]2CC[C@@H]1CN(C1CCN(C(=O)c3ccncc3)CC1)C2. The fraction of sp³-hybridized carbons (Fsp3) is 0.714. The average Bonchev–Trinajstić information content (AvgIpc) is 3.04. The number of aromatic nitrogens is 1. The minimum absolute atomic E-state index is 0.150. The number of hydrogen-bond donors (Lipinski definition) is 0. The quantitative estimate of drug-likeness (QED) is 0.788. The lowest BCUT2D eigenvalue weighted by molar-refractivity contribution is 0.0595. The molecule has 0 radical (unpaired) electrons. The van der Waals surface area contributed by atoms with Gasteiger partial charge in [0.1, 0.15) is 0 Å². The Morgan fingerprint density at radius 3 is 2.59 bits per heavy atom. The first-order valence-electron chi connectivity index (χ1n) is 10.4. The maximum atomic E-state index is 12.7. The average molecular weight is 373 g/mol. The molecule has 0 N–H and O–H groups in total. The molecule has 4 saturated heterocycles. The van der Waals surface area contributed by atoms with E-state index in [4.69, 9.17) is 4.74 Å². The number of piperidine rings is 2. The van der Waals surface area contributed by atoms with Crippen LogP contribution >= 0.6 is 0 Å². The standard InChI is InChI=1S/C21H32N4O2/c1-27-13-12-24-14-17-2-3-20(24)16-25(15-17)19-6-10-23(11-7-19)21(26)18-4-8-22-9-5-18/h4-5,8-9,17,19-20H,2-3,6-7,10-16H2,1H3/t17-,20-/m1/s1. The lowest BCUT2D eigenvalue weighted by Gasteiger charge is -2.39. The van der Waals surface area contributed by atoms with Crippen LogP contribution in [0.4, 0.5) is 0 Å². The van der Waals surface area contributed by atoms with Crippen molar-refractivity contribution in [1.29, 1.82) is 0 Å². The molecule has 2 atom stereocenters. The van der Waals surface area contributed by atoms with Gasteiger partial charge in [0, 0.05) is 76.4 Å². The Kier molecular flexibility index (Phi) is 6.05. The van der Waals surface area contributed by atoms with Gasteiger partial charge in [0.15, 0.2) is 0 Å². The van der Waals surface area contributed by atoms with Crippen molar-refractivity contribution < 1.29 is 9.53 Å². The molecule has 0 unspecified atom stereocenters. The lowest BCUT2D eigenvalue weighted by atomic mass is 9.95. The van der Waals surface area contributed by atoms with E-state index in [1.54, 1.807) is 19.5 Å². The molecule has 6 nitrogen and oxygen atoms in total. The summed E-state index contributed by atoms with van der Waals surface area (Å²) in [5.74, 6) is 0.939. The molecule has 0 aliphatic carbocycles. The first-order chi connectivity index (χ1) is 13.2. The monoisotopic (exact) mass is 372 g/mol. The number of carbonyl (C=O) groups is 1. The molecule has 2 bridgehead atoms. The van der Waals surface area contributed by atoms with Crippen LogP contribution < -0.4 is 0 Å². The first kappa shape index (κ1) is 18.8. The summed E-state index contributed by atoms with van der Waals surface area (Å²) < 4.78 is 5.31. The largest absolute Gasteiger partial charge is 0.383 e. The molecule has 5 heterocycles. The number of rotatable bonds is 5. The third-order valence-corrected chi connectivity index (χ3v) is 6.63. The molecule has 4 aliphatic heterocycles. The Morgan fingerprint density at radius 1 is 1.07 bits per heavy atom. The van der Waals surface area contributed by atoms with Crippen LogP contribution in [0.2, 0.25) is 0 Å². The van der Waals surface area contributed by atoms with Crippen LogP contribution in [0.5, 0.6) is 0 Å². The van der Waals surface area contributed by atoms with Crippen LogP contribution in [-0.4, -0.2) is 90.7 Å². The number of hydrogen-bond acceptors (Lipinski definition) is 5. The molecule has 1 amide bonds. The summed E-state index contributed by atoms with van der Waals surface area (Å²) >= 11 is 0. The summed E-state index contributed by atoms with van der Waals surface area (Å²) in [6.07, 6.45) is 8.27. The Labute approximate surface area is 162 Å². The molecule has 4 aliphatic rings. The number of pyridine rings is 1. The number of likely N-dealkylation sites (tertiary alicyclic amines) is 1. The number of ether oxygens (including phenoxy) is 1. The smallest absolute Gasteiger partial charge is 0.253 e. The second-order valence-corrected chi connectivity index (χ2v) is 8.30. The molecule has 0 aromatic carbocycles. The molecule has 6 heteroatoms. The summed E-state index contributed by atoms with van der Waals surface area (Å²) in [5.41, 5.74) is 0.755. The van der Waals surface area contributed by atoms with Crippen molar-refractivity contribution in [1.82, 2.24) is 19.7 Å². The van der Waals surface area contributed by atoms with E-state index in [2.05, 4.69) is 14.8 Å². The van der Waals surface area contributed by atoms with Crippen molar-refractivity contribution >= 4 is 5.91 Å². The first-order valence-corrected chi connectivity index (χ1v) is 10.4. The van der Waals surface area contributed by atoms with Gasteiger partial charge in [-0.1, -0.05) is 0 Å². The number of amides is 1. The zero-order valence-electron chi connectivity index (χ0n) is 16.4. The molecule has 1 aromatic rings. The van der Waals surface area contributed by atoms with Gasteiger partial charge in [0.25, 0.3) is 5.91 Å². The van der Waals surface area contributed by atoms with E-state index in [1.807, 2.05) is 17.0 Å². The Hall–Kier alpha value is -1.50. The van der Waals surface area contributed by atoms with Gasteiger partial charge in [-0.05, 0) is 43.7 Å². The summed E-state index contributed by atoms with van der Waals surface area (Å²) in [4.78, 5) is 24.1. The number of methoxy groups -OCH3 is 1. The van der Waals surface area contributed by atoms with E-state index in [1.165, 1.54) is 32.5 Å². The predicted octanol–water partition coefficient (Wildman–Crippen LogP) is 1.73. The molecule has 5 rings (SSSR count). The van der Waals surface area contributed by atoms with Crippen LogP contribution in [0.3, 0.4) is 0 Å². The highest BCUT2D eigenvalue weighted by atomic mass is 16.5. The normalized spacial score (nSPS) is 27.7. The second-order valence-electron chi connectivity index (χ2n) is 8.30. The van der Waals surface area contributed by atoms with Crippen LogP contribution in [0.15, 0.2) is 24.5 Å². The van der Waals surface area contributed by atoms with Gasteiger partial charge in [-0.3, -0.25) is 19.6 Å². The van der Waals surface area contributed by atoms with Crippen molar-refractivity contribution in [3.05, 3.63) is 30.1 Å². The molecular formula is C21H32N4O2. The second kappa shape index (κ2) is 8.67. The van der Waals surface area contributed by atoms with Crippen molar-refractivity contribution in [2.24, 2.45) is 5.92 Å². The third-order valence-electron chi connectivity index (χ3n) is 6.63. The highest BCUT2D eigenvalue weighted by molar-refractivity contribution is 5.94. The minimum atomic E-state index is 0.150. The molecule has 0 spiro atoms. The highest BCUT2D eigenvalue weighted by Crippen LogP contribution is 2.31. The van der Waals surface area contributed by atoms with E-state index < -0.39 is 0 Å². The highest BCUT2D eigenvalue weighted by Gasteiger charge is 2.37. The maximum Gasteiger partial charge on any atom is 0.253 e. The van der Waals surface area contributed by atoms with Crippen LogP contribution in [-0.2, 0) is 4.74 Å². The summed E-state index contributed by atoms with van der Waals surface area (Å²) in [7, 11) is 1.80. The van der Waals surface area contributed by atoms with Crippen molar-refractivity contribution in [2.45, 2.75) is 37.8 Å². The minimum Gasteiger partial charge on any atom is -0.383 e. The Bertz CT molecular complexity index is 618. The molecule has 1 aromatic heterocycles. The van der Waals surface area contributed by atoms with Crippen molar-refractivity contribution in [2.75, 3.05) is 53.0 Å². The van der Waals surface area contributed by atoms with Crippen molar-refractivity contribution in [3.8, 4) is 0 Å². The number of carbonyl (C=O) groups excluding carboxylic acids is 1.